The van der Waals surface area contributed by atoms with Crippen LogP contribution in [-0.2, 0) is 9.47 Å². The van der Waals surface area contributed by atoms with Gasteiger partial charge in [-0.15, -0.1) is 0 Å². The maximum Gasteiger partial charge on any atom is 0.167 e. The van der Waals surface area contributed by atoms with Crippen LogP contribution in [0.4, 0.5) is 0 Å². The van der Waals surface area contributed by atoms with Crippen LogP contribution in [0.2, 0.25) is 0 Å². The molecule has 0 amide bonds. The Morgan fingerprint density at radius 2 is 2.46 bits per heavy atom. The molecule has 13 heavy (non-hydrogen) atoms. The van der Waals surface area contributed by atoms with Crippen LogP contribution in [0, 0.1) is 0 Å². The Kier molecular flexibility index (Phi) is 2.66. The lowest BCUT2D eigenvalue weighted by molar-refractivity contribution is -0.161. The van der Waals surface area contributed by atoms with Crippen LogP contribution in [0.15, 0.2) is 22.8 Å². The highest BCUT2D eigenvalue weighted by Gasteiger charge is 2.28. The number of methoxy groups -OCH3 is 1. The first-order valence-corrected chi connectivity index (χ1v) is 4.59. The van der Waals surface area contributed by atoms with Gasteiger partial charge in [-0.25, -0.2) is 0 Å². The molecule has 0 aromatic carbocycles. The summed E-state index contributed by atoms with van der Waals surface area (Å²) in [5, 5.41) is 0. The van der Waals surface area contributed by atoms with Crippen molar-refractivity contribution >= 4 is 0 Å². The third kappa shape index (κ3) is 1.76. The molecule has 2 atom stereocenters. The van der Waals surface area contributed by atoms with Crippen LogP contribution in [0.1, 0.15) is 24.5 Å². The fraction of sp³-hybridized carbons (Fsp3) is 0.600. The molecule has 1 saturated heterocycles. The zero-order chi connectivity index (χ0) is 9.10. The summed E-state index contributed by atoms with van der Waals surface area (Å²) in [7, 11) is 1.67. The Hall–Kier alpha value is -0.800. The summed E-state index contributed by atoms with van der Waals surface area (Å²) in [6.07, 6.45) is 3.70. The fourth-order valence-electron chi connectivity index (χ4n) is 1.77. The van der Waals surface area contributed by atoms with Crippen molar-refractivity contribution in [2.75, 3.05) is 13.7 Å². The lowest BCUT2D eigenvalue weighted by Gasteiger charge is -2.28. The molecule has 2 rings (SSSR count). The Balaban J connectivity index is 2.11. The molecule has 0 saturated carbocycles. The Bertz CT molecular complexity index is 243. The molecule has 1 aromatic heterocycles. The predicted octanol–water partition coefficient (Wildman–Crippen LogP) is 2.15. The van der Waals surface area contributed by atoms with Crippen molar-refractivity contribution in [2.24, 2.45) is 0 Å². The molecule has 2 unspecified atom stereocenters. The quantitative estimate of drug-likeness (QED) is 0.702. The normalized spacial score (nSPS) is 29.0. The lowest BCUT2D eigenvalue weighted by atomic mass is 9.98. The monoisotopic (exact) mass is 182 g/mol. The summed E-state index contributed by atoms with van der Waals surface area (Å²) in [5.41, 5.74) is 0. The first-order chi connectivity index (χ1) is 6.42. The molecule has 3 heteroatoms. The number of rotatable bonds is 2. The van der Waals surface area contributed by atoms with Crippen LogP contribution >= 0.6 is 0 Å². The molecular weight excluding hydrogens is 168 g/mol. The molecule has 0 spiro atoms. The van der Waals surface area contributed by atoms with E-state index in [1.807, 2.05) is 12.1 Å². The van der Waals surface area contributed by atoms with Gasteiger partial charge in [0.05, 0.1) is 12.2 Å². The standard InChI is InChI=1S/C10H14O3/c1-11-10-8(4-2-7-13-10)9-5-3-6-12-9/h3,5-6,8,10H,2,4,7H2,1H3. The van der Waals surface area contributed by atoms with Gasteiger partial charge in [0.2, 0.25) is 0 Å². The molecule has 2 heterocycles. The zero-order valence-corrected chi connectivity index (χ0v) is 7.73. The van der Waals surface area contributed by atoms with E-state index in [1.54, 1.807) is 13.4 Å². The molecule has 1 aliphatic rings. The van der Waals surface area contributed by atoms with E-state index in [1.165, 1.54) is 0 Å². The van der Waals surface area contributed by atoms with Crippen LogP contribution < -0.4 is 0 Å². The highest BCUT2D eigenvalue weighted by Crippen LogP contribution is 2.31. The van der Waals surface area contributed by atoms with E-state index >= 15 is 0 Å². The van der Waals surface area contributed by atoms with E-state index in [0.717, 1.165) is 25.2 Å². The summed E-state index contributed by atoms with van der Waals surface area (Å²) < 4.78 is 16.1. The smallest absolute Gasteiger partial charge is 0.167 e. The second-order valence-corrected chi connectivity index (χ2v) is 3.24. The second-order valence-electron chi connectivity index (χ2n) is 3.24. The SMILES string of the molecule is COC1OCCCC1c1ccco1. The highest BCUT2D eigenvalue weighted by molar-refractivity contribution is 5.07. The van der Waals surface area contributed by atoms with Crippen molar-refractivity contribution in [3.05, 3.63) is 24.2 Å². The van der Waals surface area contributed by atoms with Gasteiger partial charge in [-0.1, -0.05) is 0 Å². The average molecular weight is 182 g/mol. The Labute approximate surface area is 77.6 Å². The number of hydrogen-bond donors (Lipinski definition) is 0. The summed E-state index contributed by atoms with van der Waals surface area (Å²) in [4.78, 5) is 0. The molecule has 0 aliphatic carbocycles. The number of furan rings is 1. The first kappa shape index (κ1) is 8.78. The van der Waals surface area contributed by atoms with Gasteiger partial charge < -0.3 is 13.9 Å². The minimum absolute atomic E-state index is 0.139. The van der Waals surface area contributed by atoms with Crippen molar-refractivity contribution in [1.29, 1.82) is 0 Å². The summed E-state index contributed by atoms with van der Waals surface area (Å²) in [6.45, 7) is 0.787. The zero-order valence-electron chi connectivity index (χ0n) is 7.73. The van der Waals surface area contributed by atoms with Crippen molar-refractivity contribution in [3.8, 4) is 0 Å². The van der Waals surface area contributed by atoms with Crippen LogP contribution in [0.25, 0.3) is 0 Å². The molecule has 1 aromatic rings. The van der Waals surface area contributed by atoms with Gasteiger partial charge in [-0.3, -0.25) is 0 Å². The van der Waals surface area contributed by atoms with E-state index in [9.17, 15) is 0 Å². The van der Waals surface area contributed by atoms with Crippen molar-refractivity contribution in [3.63, 3.8) is 0 Å². The van der Waals surface area contributed by atoms with E-state index in [4.69, 9.17) is 13.9 Å². The molecule has 0 radical (unpaired) electrons. The Morgan fingerprint density at radius 3 is 3.15 bits per heavy atom. The van der Waals surface area contributed by atoms with E-state index in [2.05, 4.69) is 0 Å². The second kappa shape index (κ2) is 3.94. The van der Waals surface area contributed by atoms with Crippen LogP contribution in [0.5, 0.6) is 0 Å². The molecule has 1 fully saturated rings. The number of ether oxygens (including phenoxy) is 2. The maximum absolute atomic E-state index is 5.48. The number of hydrogen-bond acceptors (Lipinski definition) is 3. The largest absolute Gasteiger partial charge is 0.469 e. The third-order valence-corrected chi connectivity index (χ3v) is 2.41. The highest BCUT2D eigenvalue weighted by atomic mass is 16.7. The predicted molar refractivity (Wildman–Crippen MR) is 47.4 cm³/mol. The average Bonchev–Trinajstić information content (AvgIpc) is 2.70. The van der Waals surface area contributed by atoms with E-state index in [-0.39, 0.29) is 12.2 Å². The van der Waals surface area contributed by atoms with Crippen LogP contribution in [0.3, 0.4) is 0 Å². The van der Waals surface area contributed by atoms with Crippen molar-refractivity contribution in [1.82, 2.24) is 0 Å². The maximum atomic E-state index is 5.48. The van der Waals surface area contributed by atoms with Gasteiger partial charge in [-0.05, 0) is 25.0 Å². The summed E-state index contributed by atoms with van der Waals surface area (Å²) in [6, 6.07) is 3.88. The van der Waals surface area contributed by atoms with Crippen molar-refractivity contribution in [2.45, 2.75) is 25.0 Å². The van der Waals surface area contributed by atoms with Gasteiger partial charge in [0.15, 0.2) is 6.29 Å². The van der Waals surface area contributed by atoms with Gasteiger partial charge in [0, 0.05) is 13.7 Å². The molecule has 3 nitrogen and oxygen atoms in total. The molecule has 72 valence electrons. The minimum Gasteiger partial charge on any atom is -0.469 e. The lowest BCUT2D eigenvalue weighted by Crippen LogP contribution is -2.29. The molecule has 0 N–H and O–H groups in total. The van der Waals surface area contributed by atoms with E-state index < -0.39 is 0 Å². The third-order valence-electron chi connectivity index (χ3n) is 2.41. The van der Waals surface area contributed by atoms with Gasteiger partial charge in [0.25, 0.3) is 0 Å². The molecular formula is C10H14O3. The molecule has 1 aliphatic heterocycles. The van der Waals surface area contributed by atoms with Gasteiger partial charge in [0.1, 0.15) is 5.76 Å². The van der Waals surface area contributed by atoms with Gasteiger partial charge >= 0.3 is 0 Å². The summed E-state index contributed by atoms with van der Waals surface area (Å²) >= 11 is 0. The molecule has 0 bridgehead atoms. The fourth-order valence-corrected chi connectivity index (χ4v) is 1.77. The minimum atomic E-state index is -0.139. The van der Waals surface area contributed by atoms with Crippen LogP contribution in [-0.4, -0.2) is 20.0 Å². The summed E-state index contributed by atoms with van der Waals surface area (Å²) in [5.74, 6) is 1.22. The van der Waals surface area contributed by atoms with Gasteiger partial charge in [-0.2, -0.15) is 0 Å². The van der Waals surface area contributed by atoms with Crippen molar-refractivity contribution < 1.29 is 13.9 Å². The Morgan fingerprint density at radius 1 is 1.54 bits per heavy atom. The first-order valence-electron chi connectivity index (χ1n) is 4.59. The van der Waals surface area contributed by atoms with E-state index in [0.29, 0.717) is 0 Å². The topological polar surface area (TPSA) is 31.6 Å².